The maximum Gasteiger partial charge on any atom is 0.255 e. The predicted octanol–water partition coefficient (Wildman–Crippen LogP) is 3.48. The SMILES string of the molecule is CC(C)CCC(C)NC(=O)c1c(N)cccc1Cl. The Kier molecular flexibility index (Phi) is 5.48. The van der Waals surface area contributed by atoms with Gasteiger partial charge in [-0.3, -0.25) is 4.79 Å². The van der Waals surface area contributed by atoms with E-state index in [0.29, 0.717) is 22.2 Å². The van der Waals surface area contributed by atoms with Gasteiger partial charge in [-0.2, -0.15) is 0 Å². The highest BCUT2D eigenvalue weighted by molar-refractivity contribution is 6.34. The Morgan fingerprint density at radius 1 is 1.33 bits per heavy atom. The molecule has 0 aliphatic heterocycles. The second-order valence-electron chi connectivity index (χ2n) is 5.05. The summed E-state index contributed by atoms with van der Waals surface area (Å²) in [6.07, 6.45) is 2.03. The van der Waals surface area contributed by atoms with Crippen molar-refractivity contribution >= 4 is 23.2 Å². The quantitative estimate of drug-likeness (QED) is 0.804. The highest BCUT2D eigenvalue weighted by Gasteiger charge is 2.15. The first-order chi connectivity index (χ1) is 8.41. The molecule has 0 heterocycles. The normalized spacial score (nSPS) is 12.5. The number of nitrogens with one attached hydrogen (secondary N) is 1. The number of halogens is 1. The summed E-state index contributed by atoms with van der Waals surface area (Å²) in [5.74, 6) is 0.434. The van der Waals surface area contributed by atoms with Crippen LogP contribution in [0, 0.1) is 5.92 Å². The summed E-state index contributed by atoms with van der Waals surface area (Å²) in [7, 11) is 0. The van der Waals surface area contributed by atoms with E-state index < -0.39 is 0 Å². The van der Waals surface area contributed by atoms with Crippen LogP contribution >= 0.6 is 11.6 Å². The van der Waals surface area contributed by atoms with Crippen molar-refractivity contribution in [1.82, 2.24) is 5.32 Å². The van der Waals surface area contributed by atoms with E-state index in [-0.39, 0.29) is 11.9 Å². The lowest BCUT2D eigenvalue weighted by atomic mass is 10.0. The van der Waals surface area contributed by atoms with E-state index in [2.05, 4.69) is 19.2 Å². The Balaban J connectivity index is 2.65. The largest absolute Gasteiger partial charge is 0.398 e. The molecule has 1 unspecified atom stereocenters. The first kappa shape index (κ1) is 14.8. The van der Waals surface area contributed by atoms with Gasteiger partial charge in [0.15, 0.2) is 0 Å². The number of amides is 1. The zero-order chi connectivity index (χ0) is 13.7. The molecule has 18 heavy (non-hydrogen) atoms. The van der Waals surface area contributed by atoms with Crippen molar-refractivity contribution in [3.8, 4) is 0 Å². The van der Waals surface area contributed by atoms with Crippen molar-refractivity contribution < 1.29 is 4.79 Å². The van der Waals surface area contributed by atoms with Crippen molar-refractivity contribution in [2.75, 3.05) is 5.73 Å². The molecule has 3 N–H and O–H groups in total. The molecule has 0 saturated carbocycles. The Bertz CT molecular complexity index is 398. The van der Waals surface area contributed by atoms with Gasteiger partial charge in [0.05, 0.1) is 10.6 Å². The number of benzene rings is 1. The molecule has 1 rings (SSSR count). The highest BCUT2D eigenvalue weighted by atomic mass is 35.5. The maximum absolute atomic E-state index is 12.1. The van der Waals surface area contributed by atoms with Gasteiger partial charge in [-0.05, 0) is 37.8 Å². The number of hydrogen-bond donors (Lipinski definition) is 2. The summed E-state index contributed by atoms with van der Waals surface area (Å²) >= 11 is 5.99. The Hall–Kier alpha value is -1.22. The first-order valence-corrected chi connectivity index (χ1v) is 6.64. The van der Waals surface area contributed by atoms with E-state index in [1.54, 1.807) is 18.2 Å². The summed E-state index contributed by atoms with van der Waals surface area (Å²) < 4.78 is 0. The first-order valence-electron chi connectivity index (χ1n) is 6.26. The van der Waals surface area contributed by atoms with Gasteiger partial charge < -0.3 is 11.1 Å². The minimum atomic E-state index is -0.200. The molecular formula is C14H21ClN2O. The lowest BCUT2D eigenvalue weighted by Crippen LogP contribution is -2.33. The van der Waals surface area contributed by atoms with Gasteiger partial charge in [0.2, 0.25) is 0 Å². The van der Waals surface area contributed by atoms with Gasteiger partial charge in [-0.15, -0.1) is 0 Å². The molecule has 0 aliphatic rings. The molecule has 0 aliphatic carbocycles. The van der Waals surface area contributed by atoms with E-state index in [4.69, 9.17) is 17.3 Å². The molecule has 1 atom stereocenters. The number of carbonyl (C=O) groups excluding carboxylic acids is 1. The van der Waals surface area contributed by atoms with Crippen molar-refractivity contribution in [3.63, 3.8) is 0 Å². The number of carbonyl (C=O) groups is 1. The zero-order valence-corrected chi connectivity index (χ0v) is 11.9. The number of nitrogen functional groups attached to an aromatic ring is 1. The van der Waals surface area contributed by atoms with Crippen LogP contribution in [0.1, 0.15) is 44.0 Å². The fourth-order valence-corrected chi connectivity index (χ4v) is 2.00. The molecular weight excluding hydrogens is 248 g/mol. The van der Waals surface area contributed by atoms with Crippen LogP contribution in [0.2, 0.25) is 5.02 Å². The number of anilines is 1. The standard InChI is InChI=1S/C14H21ClN2O/c1-9(2)7-8-10(3)17-14(18)13-11(15)5-4-6-12(13)16/h4-6,9-10H,7-8,16H2,1-3H3,(H,17,18). The van der Waals surface area contributed by atoms with E-state index in [1.165, 1.54) is 0 Å². The Morgan fingerprint density at radius 2 is 2.00 bits per heavy atom. The average molecular weight is 269 g/mol. The van der Waals surface area contributed by atoms with Crippen molar-refractivity contribution in [2.24, 2.45) is 5.92 Å². The minimum absolute atomic E-state index is 0.121. The summed E-state index contributed by atoms with van der Waals surface area (Å²) in [6.45, 7) is 6.33. The fourth-order valence-electron chi connectivity index (χ4n) is 1.73. The molecule has 0 spiro atoms. The van der Waals surface area contributed by atoms with Gasteiger partial charge in [0, 0.05) is 11.7 Å². The number of rotatable bonds is 5. The smallest absolute Gasteiger partial charge is 0.255 e. The molecule has 0 aromatic heterocycles. The van der Waals surface area contributed by atoms with Gasteiger partial charge >= 0.3 is 0 Å². The number of nitrogens with two attached hydrogens (primary N) is 1. The van der Waals surface area contributed by atoms with Crippen LogP contribution in [0.3, 0.4) is 0 Å². The lowest BCUT2D eigenvalue weighted by Gasteiger charge is -2.16. The molecule has 4 heteroatoms. The topological polar surface area (TPSA) is 55.1 Å². The van der Waals surface area contributed by atoms with Crippen molar-refractivity contribution in [2.45, 2.75) is 39.7 Å². The average Bonchev–Trinajstić information content (AvgIpc) is 2.26. The van der Waals surface area contributed by atoms with Crippen LogP contribution in [0.25, 0.3) is 0 Å². The van der Waals surface area contributed by atoms with Crippen LogP contribution in [0.4, 0.5) is 5.69 Å². The van der Waals surface area contributed by atoms with Crippen molar-refractivity contribution in [3.05, 3.63) is 28.8 Å². The van der Waals surface area contributed by atoms with Crippen LogP contribution in [0.5, 0.6) is 0 Å². The summed E-state index contributed by atoms with van der Waals surface area (Å²) in [6, 6.07) is 5.21. The monoisotopic (exact) mass is 268 g/mol. The third-order valence-corrected chi connectivity index (χ3v) is 3.14. The third-order valence-electron chi connectivity index (χ3n) is 2.83. The highest BCUT2D eigenvalue weighted by Crippen LogP contribution is 2.22. The van der Waals surface area contributed by atoms with Gasteiger partial charge in [-0.1, -0.05) is 31.5 Å². The van der Waals surface area contributed by atoms with E-state index in [1.807, 2.05) is 6.92 Å². The third kappa shape index (κ3) is 4.22. The van der Waals surface area contributed by atoms with Crippen LogP contribution < -0.4 is 11.1 Å². The summed E-state index contributed by atoms with van der Waals surface area (Å²) in [5.41, 5.74) is 6.56. The second kappa shape index (κ2) is 6.64. The van der Waals surface area contributed by atoms with Gasteiger partial charge in [0.25, 0.3) is 5.91 Å². The lowest BCUT2D eigenvalue weighted by molar-refractivity contribution is 0.0938. The van der Waals surface area contributed by atoms with Gasteiger partial charge in [-0.25, -0.2) is 0 Å². The summed E-state index contributed by atoms with van der Waals surface area (Å²) in [4.78, 5) is 12.1. The minimum Gasteiger partial charge on any atom is -0.398 e. The van der Waals surface area contributed by atoms with Gasteiger partial charge in [0.1, 0.15) is 0 Å². The molecule has 0 saturated heterocycles. The molecule has 1 aromatic rings. The Morgan fingerprint density at radius 3 is 2.56 bits per heavy atom. The molecule has 1 amide bonds. The molecule has 0 radical (unpaired) electrons. The number of hydrogen-bond acceptors (Lipinski definition) is 2. The fraction of sp³-hybridized carbons (Fsp3) is 0.500. The Labute approximate surface area is 114 Å². The molecule has 1 aromatic carbocycles. The molecule has 0 fully saturated rings. The second-order valence-corrected chi connectivity index (χ2v) is 5.46. The van der Waals surface area contributed by atoms with Crippen molar-refractivity contribution in [1.29, 1.82) is 0 Å². The van der Waals surface area contributed by atoms with Crippen LogP contribution in [0.15, 0.2) is 18.2 Å². The molecule has 0 bridgehead atoms. The summed E-state index contributed by atoms with van der Waals surface area (Å²) in [5, 5.41) is 3.32. The van der Waals surface area contributed by atoms with Crippen LogP contribution in [-0.4, -0.2) is 11.9 Å². The maximum atomic E-state index is 12.1. The zero-order valence-electron chi connectivity index (χ0n) is 11.2. The molecule has 3 nitrogen and oxygen atoms in total. The predicted molar refractivity (Wildman–Crippen MR) is 76.9 cm³/mol. The van der Waals surface area contributed by atoms with Crippen LogP contribution in [-0.2, 0) is 0 Å². The molecule has 100 valence electrons. The van der Waals surface area contributed by atoms with E-state index >= 15 is 0 Å². The van der Waals surface area contributed by atoms with E-state index in [9.17, 15) is 4.79 Å². The van der Waals surface area contributed by atoms with E-state index in [0.717, 1.165) is 12.8 Å².